The maximum absolute atomic E-state index is 10.4. The highest BCUT2D eigenvalue weighted by atomic mass is 16.8. The number of carbonyl (C=O) groups is 1. The number of hydrogen-bond donors (Lipinski definition) is 0. The van der Waals surface area contributed by atoms with E-state index in [2.05, 4.69) is 9.47 Å². The van der Waals surface area contributed by atoms with Crippen molar-refractivity contribution in [3.05, 3.63) is 0 Å². The topological polar surface area (TPSA) is 54.0 Å². The first kappa shape index (κ1) is 8.29. The van der Waals surface area contributed by atoms with Gasteiger partial charge in [0.1, 0.15) is 6.61 Å². The van der Waals surface area contributed by atoms with E-state index >= 15 is 0 Å². The summed E-state index contributed by atoms with van der Waals surface area (Å²) in [7, 11) is 1.25. The van der Waals surface area contributed by atoms with E-state index < -0.39 is 12.4 Å². The van der Waals surface area contributed by atoms with Crippen molar-refractivity contribution in [1.82, 2.24) is 0 Å². The summed E-state index contributed by atoms with van der Waals surface area (Å²) in [5, 5.41) is 0. The van der Waals surface area contributed by atoms with Gasteiger partial charge in [-0.25, -0.2) is 4.79 Å². The van der Waals surface area contributed by atoms with E-state index in [4.69, 9.17) is 9.47 Å². The Hall–Kier alpha value is -0.810. The summed E-state index contributed by atoms with van der Waals surface area (Å²) in [6.45, 7) is 1.19. The molecule has 0 aromatic carbocycles. The quantitative estimate of drug-likeness (QED) is 0.540. The van der Waals surface area contributed by atoms with Crippen LogP contribution in [0.4, 0.5) is 4.79 Å². The Balaban J connectivity index is 2.06. The standard InChI is InChI=1S/C6H10O5/c1-8-6(7)11-4-5-9-2-3-10-5/h5H,2-4H2,1H3. The summed E-state index contributed by atoms with van der Waals surface area (Å²) < 4.78 is 18.8. The van der Waals surface area contributed by atoms with Gasteiger partial charge < -0.3 is 18.9 Å². The second-order valence-electron chi connectivity index (χ2n) is 1.94. The van der Waals surface area contributed by atoms with Crippen LogP contribution in [0.3, 0.4) is 0 Å². The van der Waals surface area contributed by atoms with Crippen molar-refractivity contribution in [1.29, 1.82) is 0 Å². The van der Waals surface area contributed by atoms with Crippen LogP contribution in [-0.2, 0) is 18.9 Å². The van der Waals surface area contributed by atoms with Gasteiger partial charge in [-0.2, -0.15) is 0 Å². The van der Waals surface area contributed by atoms with Crippen LogP contribution in [0.1, 0.15) is 0 Å². The summed E-state index contributed by atoms with van der Waals surface area (Å²) in [5.41, 5.74) is 0. The third-order valence-electron chi connectivity index (χ3n) is 1.19. The number of hydrogen-bond acceptors (Lipinski definition) is 5. The molecule has 1 aliphatic rings. The Morgan fingerprint density at radius 2 is 2.18 bits per heavy atom. The Morgan fingerprint density at radius 1 is 1.55 bits per heavy atom. The van der Waals surface area contributed by atoms with Crippen LogP contribution < -0.4 is 0 Å². The fraction of sp³-hybridized carbons (Fsp3) is 0.833. The maximum atomic E-state index is 10.4. The van der Waals surface area contributed by atoms with Gasteiger partial charge in [-0.1, -0.05) is 0 Å². The zero-order chi connectivity index (χ0) is 8.10. The van der Waals surface area contributed by atoms with Gasteiger partial charge in [0.15, 0.2) is 6.29 Å². The Labute approximate surface area is 64.2 Å². The van der Waals surface area contributed by atoms with Crippen molar-refractivity contribution >= 4 is 6.16 Å². The van der Waals surface area contributed by atoms with Crippen molar-refractivity contribution in [2.24, 2.45) is 0 Å². The predicted molar refractivity (Wildman–Crippen MR) is 34.0 cm³/mol. The molecule has 0 amide bonds. The van der Waals surface area contributed by atoms with Gasteiger partial charge >= 0.3 is 6.16 Å². The molecular weight excluding hydrogens is 152 g/mol. The molecule has 0 spiro atoms. The van der Waals surface area contributed by atoms with E-state index in [-0.39, 0.29) is 6.61 Å². The summed E-state index contributed by atoms with van der Waals surface area (Å²) >= 11 is 0. The first-order valence-electron chi connectivity index (χ1n) is 3.27. The minimum Gasteiger partial charge on any atom is -0.438 e. The highest BCUT2D eigenvalue weighted by molar-refractivity contribution is 5.59. The van der Waals surface area contributed by atoms with Crippen molar-refractivity contribution in [2.75, 3.05) is 26.9 Å². The van der Waals surface area contributed by atoms with Crippen molar-refractivity contribution < 1.29 is 23.7 Å². The molecule has 0 radical (unpaired) electrons. The zero-order valence-corrected chi connectivity index (χ0v) is 6.24. The lowest BCUT2D eigenvalue weighted by molar-refractivity contribution is -0.0851. The Kier molecular flexibility index (Phi) is 3.13. The minimum atomic E-state index is -0.718. The van der Waals surface area contributed by atoms with Gasteiger partial charge in [0.05, 0.1) is 20.3 Å². The average molecular weight is 162 g/mol. The van der Waals surface area contributed by atoms with Crippen molar-refractivity contribution in [3.8, 4) is 0 Å². The van der Waals surface area contributed by atoms with Gasteiger partial charge in [-0.3, -0.25) is 0 Å². The lowest BCUT2D eigenvalue weighted by Gasteiger charge is -2.07. The molecule has 5 heteroatoms. The van der Waals surface area contributed by atoms with E-state index in [1.807, 2.05) is 0 Å². The molecule has 0 aliphatic carbocycles. The van der Waals surface area contributed by atoms with Crippen molar-refractivity contribution in [3.63, 3.8) is 0 Å². The smallest absolute Gasteiger partial charge is 0.438 e. The van der Waals surface area contributed by atoms with Crippen LogP contribution in [0, 0.1) is 0 Å². The van der Waals surface area contributed by atoms with Crippen LogP contribution in [-0.4, -0.2) is 39.4 Å². The molecule has 1 rings (SSSR count). The fourth-order valence-corrected chi connectivity index (χ4v) is 0.698. The molecule has 11 heavy (non-hydrogen) atoms. The molecule has 1 heterocycles. The molecule has 0 atom stereocenters. The number of rotatable bonds is 2. The lowest BCUT2D eigenvalue weighted by Crippen LogP contribution is -2.19. The zero-order valence-electron chi connectivity index (χ0n) is 6.24. The van der Waals surface area contributed by atoms with E-state index in [0.29, 0.717) is 13.2 Å². The summed E-state index contributed by atoms with van der Waals surface area (Å²) in [6.07, 6.45) is -1.14. The SMILES string of the molecule is COC(=O)OCC1OCCO1. The molecule has 0 saturated carbocycles. The third kappa shape index (κ3) is 2.73. The molecule has 0 aromatic heterocycles. The van der Waals surface area contributed by atoms with Gasteiger partial charge in [0, 0.05) is 0 Å². The molecule has 5 nitrogen and oxygen atoms in total. The number of methoxy groups -OCH3 is 1. The van der Waals surface area contributed by atoms with Crippen LogP contribution >= 0.6 is 0 Å². The van der Waals surface area contributed by atoms with Gasteiger partial charge in [0.2, 0.25) is 0 Å². The van der Waals surface area contributed by atoms with Crippen LogP contribution in [0.15, 0.2) is 0 Å². The molecule has 0 bridgehead atoms. The maximum Gasteiger partial charge on any atom is 0.508 e. The Morgan fingerprint density at radius 3 is 2.73 bits per heavy atom. The fourth-order valence-electron chi connectivity index (χ4n) is 0.698. The third-order valence-corrected chi connectivity index (χ3v) is 1.19. The second kappa shape index (κ2) is 4.15. The molecule has 1 saturated heterocycles. The highest BCUT2D eigenvalue weighted by Gasteiger charge is 2.17. The van der Waals surface area contributed by atoms with E-state index in [1.165, 1.54) is 7.11 Å². The van der Waals surface area contributed by atoms with E-state index in [9.17, 15) is 4.79 Å². The molecular formula is C6H10O5. The van der Waals surface area contributed by atoms with Crippen molar-refractivity contribution in [2.45, 2.75) is 6.29 Å². The Bertz CT molecular complexity index is 129. The number of carbonyl (C=O) groups excluding carboxylic acids is 1. The molecule has 1 fully saturated rings. The molecule has 0 N–H and O–H groups in total. The first-order valence-corrected chi connectivity index (χ1v) is 3.27. The molecule has 64 valence electrons. The van der Waals surface area contributed by atoms with E-state index in [0.717, 1.165) is 0 Å². The molecule has 1 aliphatic heterocycles. The normalized spacial score (nSPS) is 18.3. The lowest BCUT2D eigenvalue weighted by atomic mass is 10.7. The van der Waals surface area contributed by atoms with Gasteiger partial charge in [-0.15, -0.1) is 0 Å². The van der Waals surface area contributed by atoms with Gasteiger partial charge in [0.25, 0.3) is 0 Å². The highest BCUT2D eigenvalue weighted by Crippen LogP contribution is 2.03. The molecule has 0 unspecified atom stereocenters. The average Bonchev–Trinajstić information content (AvgIpc) is 2.52. The summed E-state index contributed by atoms with van der Waals surface area (Å²) in [6, 6.07) is 0. The van der Waals surface area contributed by atoms with Gasteiger partial charge in [-0.05, 0) is 0 Å². The summed E-state index contributed by atoms with van der Waals surface area (Å²) in [5.74, 6) is 0. The summed E-state index contributed by atoms with van der Waals surface area (Å²) in [4.78, 5) is 10.4. The predicted octanol–water partition coefficient (Wildman–Crippen LogP) is 0.142. The van der Waals surface area contributed by atoms with Crippen LogP contribution in [0.2, 0.25) is 0 Å². The first-order chi connectivity index (χ1) is 5.33. The van der Waals surface area contributed by atoms with Crippen LogP contribution in [0.25, 0.3) is 0 Å². The molecule has 0 aromatic rings. The largest absolute Gasteiger partial charge is 0.508 e. The minimum absolute atomic E-state index is 0.0900. The van der Waals surface area contributed by atoms with Crippen LogP contribution in [0.5, 0.6) is 0 Å². The second-order valence-corrected chi connectivity index (χ2v) is 1.94. The van der Waals surface area contributed by atoms with E-state index in [1.54, 1.807) is 0 Å². The number of ether oxygens (including phenoxy) is 4. The monoisotopic (exact) mass is 162 g/mol.